The predicted molar refractivity (Wildman–Crippen MR) is 56.2 cm³/mol. The van der Waals surface area contributed by atoms with E-state index in [9.17, 15) is 4.79 Å². The maximum absolute atomic E-state index is 10.2. The number of anilines is 1. The Morgan fingerprint density at radius 2 is 2.40 bits per heavy atom. The molecule has 1 rings (SSSR count). The Labute approximate surface area is 87.5 Å². The molecule has 0 radical (unpaired) electrons. The molecule has 0 unspecified atom stereocenters. The molecule has 0 fully saturated rings. The van der Waals surface area contributed by atoms with Crippen molar-refractivity contribution in [3.8, 4) is 6.07 Å². The van der Waals surface area contributed by atoms with E-state index in [0.29, 0.717) is 6.42 Å². The number of nitriles is 1. The van der Waals surface area contributed by atoms with Gasteiger partial charge in [-0.1, -0.05) is 12.1 Å². The normalized spacial score (nSPS) is 9.80. The van der Waals surface area contributed by atoms with Crippen LogP contribution in [0.3, 0.4) is 0 Å². The molecule has 76 valence electrons. The van der Waals surface area contributed by atoms with Crippen molar-refractivity contribution in [2.24, 2.45) is 0 Å². The van der Waals surface area contributed by atoms with E-state index in [-0.39, 0.29) is 0 Å². The van der Waals surface area contributed by atoms with Crippen LogP contribution in [-0.2, 0) is 11.2 Å². The molecule has 0 bridgehead atoms. The van der Waals surface area contributed by atoms with Crippen LogP contribution in [-0.4, -0.2) is 11.1 Å². The number of carboxylic acids is 1. The molecule has 0 atom stereocenters. The Hall–Kier alpha value is -2.28. The minimum absolute atomic E-state index is 0.345. The molecule has 15 heavy (non-hydrogen) atoms. The fourth-order valence-corrected chi connectivity index (χ4v) is 1.07. The van der Waals surface area contributed by atoms with E-state index in [1.54, 1.807) is 12.1 Å². The molecular weight excluding hydrogens is 192 g/mol. The molecule has 0 aliphatic heterocycles. The Morgan fingerprint density at radius 1 is 1.60 bits per heavy atom. The Kier molecular flexibility index (Phi) is 3.92. The van der Waals surface area contributed by atoms with Crippen molar-refractivity contribution in [1.29, 1.82) is 5.26 Å². The van der Waals surface area contributed by atoms with Crippen LogP contribution in [0.2, 0.25) is 0 Å². The summed E-state index contributed by atoms with van der Waals surface area (Å²) in [5.41, 5.74) is 1.66. The molecule has 1 aromatic rings. The molecule has 0 saturated heterocycles. The quantitative estimate of drug-likeness (QED) is 0.729. The largest absolute Gasteiger partial charge is 0.478 e. The monoisotopic (exact) mass is 202 g/mol. The number of aliphatic carboxylic acids is 1. The van der Waals surface area contributed by atoms with Crippen LogP contribution < -0.4 is 5.32 Å². The van der Waals surface area contributed by atoms with Gasteiger partial charge < -0.3 is 10.4 Å². The van der Waals surface area contributed by atoms with Crippen molar-refractivity contribution in [1.82, 2.24) is 0 Å². The second-order valence-corrected chi connectivity index (χ2v) is 2.85. The summed E-state index contributed by atoms with van der Waals surface area (Å²) in [6.45, 7) is 0. The minimum Gasteiger partial charge on any atom is -0.478 e. The fraction of sp³-hybridized carbons (Fsp3) is 0.0909. The van der Waals surface area contributed by atoms with Gasteiger partial charge in [0.15, 0.2) is 0 Å². The number of hydrogen-bond acceptors (Lipinski definition) is 3. The number of carbonyl (C=O) groups is 1. The molecule has 4 heteroatoms. The van der Waals surface area contributed by atoms with Crippen LogP contribution in [0.4, 0.5) is 5.69 Å². The third-order valence-corrected chi connectivity index (χ3v) is 1.69. The summed E-state index contributed by atoms with van der Waals surface area (Å²) in [6, 6.07) is 9.30. The van der Waals surface area contributed by atoms with Crippen LogP contribution in [0.25, 0.3) is 0 Å². The fourth-order valence-electron chi connectivity index (χ4n) is 1.07. The number of nitrogens with one attached hydrogen (secondary N) is 1. The maximum atomic E-state index is 10.2. The highest BCUT2D eigenvalue weighted by atomic mass is 16.4. The number of carboxylic acid groups (broad SMARTS) is 1. The summed E-state index contributed by atoms with van der Waals surface area (Å²) in [5, 5.41) is 19.7. The van der Waals surface area contributed by atoms with Crippen LogP contribution in [0, 0.1) is 11.3 Å². The summed E-state index contributed by atoms with van der Waals surface area (Å²) < 4.78 is 0. The molecule has 0 saturated carbocycles. The van der Waals surface area contributed by atoms with Crippen molar-refractivity contribution in [3.63, 3.8) is 0 Å². The molecule has 0 aliphatic carbocycles. The van der Waals surface area contributed by atoms with E-state index < -0.39 is 5.97 Å². The maximum Gasteiger partial charge on any atom is 0.329 e. The van der Waals surface area contributed by atoms with Gasteiger partial charge in [0.05, 0.1) is 12.5 Å². The molecular formula is C11H10N2O2. The van der Waals surface area contributed by atoms with Crippen LogP contribution in [0.1, 0.15) is 5.56 Å². The molecule has 0 aliphatic rings. The number of hydrogen-bond donors (Lipinski definition) is 2. The van der Waals surface area contributed by atoms with Gasteiger partial charge >= 0.3 is 5.97 Å². The van der Waals surface area contributed by atoms with Crippen molar-refractivity contribution in [2.75, 3.05) is 5.32 Å². The zero-order chi connectivity index (χ0) is 11.1. The summed E-state index contributed by atoms with van der Waals surface area (Å²) in [5.74, 6) is -1.00. The smallest absolute Gasteiger partial charge is 0.329 e. The van der Waals surface area contributed by atoms with Gasteiger partial charge in [-0.25, -0.2) is 4.79 Å². The van der Waals surface area contributed by atoms with E-state index in [1.165, 1.54) is 6.20 Å². The average molecular weight is 202 g/mol. The lowest BCUT2D eigenvalue weighted by atomic mass is 10.1. The summed E-state index contributed by atoms with van der Waals surface area (Å²) in [4.78, 5) is 10.2. The van der Waals surface area contributed by atoms with Crippen molar-refractivity contribution in [3.05, 3.63) is 42.1 Å². The van der Waals surface area contributed by atoms with Gasteiger partial charge in [-0.3, -0.25) is 0 Å². The molecule has 0 aromatic heterocycles. The van der Waals surface area contributed by atoms with Gasteiger partial charge in [0, 0.05) is 18.0 Å². The molecule has 0 spiro atoms. The zero-order valence-corrected chi connectivity index (χ0v) is 7.97. The second kappa shape index (κ2) is 5.45. The van der Waals surface area contributed by atoms with E-state index in [1.807, 2.05) is 18.2 Å². The van der Waals surface area contributed by atoms with Gasteiger partial charge in [-0.2, -0.15) is 5.26 Å². The number of benzene rings is 1. The van der Waals surface area contributed by atoms with E-state index in [4.69, 9.17) is 10.4 Å². The second-order valence-electron chi connectivity index (χ2n) is 2.85. The number of nitrogens with zero attached hydrogens (tertiary/aromatic N) is 1. The molecule has 2 N–H and O–H groups in total. The lowest BCUT2D eigenvalue weighted by Crippen LogP contribution is -1.93. The van der Waals surface area contributed by atoms with Gasteiger partial charge in [-0.05, 0) is 17.7 Å². The summed E-state index contributed by atoms with van der Waals surface area (Å²) >= 11 is 0. The van der Waals surface area contributed by atoms with Crippen LogP contribution >= 0.6 is 0 Å². The Morgan fingerprint density at radius 3 is 3.07 bits per heavy atom. The molecule has 0 amide bonds. The first-order valence-electron chi connectivity index (χ1n) is 4.34. The van der Waals surface area contributed by atoms with Gasteiger partial charge in [0.25, 0.3) is 0 Å². The first-order chi connectivity index (χ1) is 7.22. The standard InChI is InChI=1S/C11H10N2O2/c12-6-4-9-2-1-3-10(8-9)13-7-5-11(14)15/h1-3,5,7-8,13H,4H2,(H,14,15)/b7-5+. The van der Waals surface area contributed by atoms with Crippen molar-refractivity contribution in [2.45, 2.75) is 6.42 Å². The lowest BCUT2D eigenvalue weighted by Gasteiger charge is -2.01. The van der Waals surface area contributed by atoms with E-state index >= 15 is 0 Å². The van der Waals surface area contributed by atoms with Crippen LogP contribution in [0.5, 0.6) is 0 Å². The Bertz CT molecular complexity index is 419. The zero-order valence-electron chi connectivity index (χ0n) is 7.97. The predicted octanol–water partition coefficient (Wildman–Crippen LogP) is 1.76. The SMILES string of the molecule is N#CCc1cccc(N/C=C/C(=O)O)c1. The highest BCUT2D eigenvalue weighted by molar-refractivity contribution is 5.80. The summed E-state index contributed by atoms with van der Waals surface area (Å²) in [7, 11) is 0. The number of rotatable bonds is 4. The van der Waals surface area contributed by atoms with Crippen LogP contribution in [0.15, 0.2) is 36.5 Å². The molecule has 4 nitrogen and oxygen atoms in total. The highest BCUT2D eigenvalue weighted by Gasteiger charge is 1.93. The van der Waals surface area contributed by atoms with Gasteiger partial charge in [0.1, 0.15) is 0 Å². The van der Waals surface area contributed by atoms with E-state index in [0.717, 1.165) is 17.3 Å². The molecule has 1 aromatic carbocycles. The average Bonchev–Trinajstić information content (AvgIpc) is 2.18. The van der Waals surface area contributed by atoms with Gasteiger partial charge in [0.2, 0.25) is 0 Å². The Balaban J connectivity index is 2.66. The first kappa shape index (κ1) is 10.8. The third-order valence-electron chi connectivity index (χ3n) is 1.69. The minimum atomic E-state index is -1.00. The highest BCUT2D eigenvalue weighted by Crippen LogP contribution is 2.10. The lowest BCUT2D eigenvalue weighted by molar-refractivity contribution is -0.131. The van der Waals surface area contributed by atoms with E-state index in [2.05, 4.69) is 5.32 Å². The first-order valence-corrected chi connectivity index (χ1v) is 4.34. The topological polar surface area (TPSA) is 73.1 Å². The van der Waals surface area contributed by atoms with Crippen molar-refractivity contribution < 1.29 is 9.90 Å². The third kappa shape index (κ3) is 3.96. The molecule has 0 heterocycles. The van der Waals surface area contributed by atoms with Crippen molar-refractivity contribution >= 4 is 11.7 Å². The summed E-state index contributed by atoms with van der Waals surface area (Å²) in [6.07, 6.45) is 2.70. The van der Waals surface area contributed by atoms with Gasteiger partial charge in [-0.15, -0.1) is 0 Å².